The van der Waals surface area contributed by atoms with E-state index < -0.39 is 0 Å². The van der Waals surface area contributed by atoms with Crippen LogP contribution in [0.2, 0.25) is 0 Å². The zero-order valence-electron chi connectivity index (χ0n) is 13.7. The number of hydrogen-bond donors (Lipinski definition) is 0. The molecule has 1 aliphatic rings. The summed E-state index contributed by atoms with van der Waals surface area (Å²) in [6, 6.07) is 10.2. The van der Waals surface area contributed by atoms with E-state index in [9.17, 15) is 4.79 Å². The number of carbonyl (C=O) groups excluding carboxylic acids is 1. The van der Waals surface area contributed by atoms with Crippen LogP contribution in [-0.2, 0) is 16.1 Å². The summed E-state index contributed by atoms with van der Waals surface area (Å²) in [5, 5.41) is 0. The number of benzene rings is 1. The second kappa shape index (κ2) is 8.42. The van der Waals surface area contributed by atoms with Gasteiger partial charge in [-0.25, -0.2) is 0 Å². The Bertz CT molecular complexity index is 467. The number of carbonyl (C=O) groups is 1. The number of ketones is 1. The van der Waals surface area contributed by atoms with Crippen LogP contribution in [0.1, 0.15) is 39.2 Å². The first kappa shape index (κ1) is 17.9. The highest BCUT2D eigenvalue weighted by Crippen LogP contribution is 2.51. The molecule has 0 amide bonds. The van der Waals surface area contributed by atoms with Gasteiger partial charge in [0.15, 0.2) is 0 Å². The van der Waals surface area contributed by atoms with E-state index in [0.29, 0.717) is 18.9 Å². The van der Waals surface area contributed by atoms with Crippen LogP contribution in [-0.4, -0.2) is 27.5 Å². The molecule has 1 fully saturated rings. The Balaban J connectivity index is 2.14. The molecular weight excluding hydrogens is 312 g/mol. The monoisotopic (exact) mass is 338 g/mol. The Hall–Kier alpha value is -0.450. The van der Waals surface area contributed by atoms with Gasteiger partial charge in [0.1, 0.15) is 5.78 Å². The molecule has 0 aromatic heterocycles. The van der Waals surface area contributed by atoms with Crippen LogP contribution in [0.25, 0.3) is 0 Å². The minimum absolute atomic E-state index is 0.00129. The van der Waals surface area contributed by atoms with E-state index in [2.05, 4.69) is 26.0 Å². The number of Topliss-reactive ketones (excluding diaryl/α,β-unsaturated/α-hetero) is 1. The molecule has 2 rings (SSSR count). The Morgan fingerprint density at radius 1 is 1.23 bits per heavy atom. The second-order valence-electron chi connectivity index (χ2n) is 6.12. The molecule has 0 radical (unpaired) electrons. The van der Waals surface area contributed by atoms with Gasteiger partial charge in [-0.1, -0.05) is 44.2 Å². The van der Waals surface area contributed by atoms with E-state index in [0.717, 1.165) is 11.5 Å². The molecule has 1 aromatic carbocycles. The molecule has 0 N–H and O–H groups in total. The highest BCUT2D eigenvalue weighted by Gasteiger charge is 2.45. The number of rotatable bonds is 7. The van der Waals surface area contributed by atoms with Gasteiger partial charge in [-0.3, -0.25) is 4.79 Å². The summed E-state index contributed by atoms with van der Waals surface area (Å²) < 4.78 is 6.28. The van der Waals surface area contributed by atoms with Crippen molar-refractivity contribution in [1.29, 1.82) is 0 Å². The standard InChI is InChI=1S/C18H26O2S2/c1-14(2)18(21-10-7-11-22-18)17(12-15(3)19)20-13-16-8-5-4-6-9-16/h4-6,8-9,14,17H,7,10-13H2,1-3H3. The van der Waals surface area contributed by atoms with Crippen LogP contribution < -0.4 is 0 Å². The van der Waals surface area contributed by atoms with Gasteiger partial charge in [-0.05, 0) is 36.3 Å². The topological polar surface area (TPSA) is 26.3 Å². The van der Waals surface area contributed by atoms with Crippen molar-refractivity contribution in [1.82, 2.24) is 0 Å². The molecule has 2 nitrogen and oxygen atoms in total. The van der Waals surface area contributed by atoms with Crippen LogP contribution in [0, 0.1) is 5.92 Å². The first-order valence-electron chi connectivity index (χ1n) is 7.97. The zero-order chi connectivity index (χ0) is 16.0. The van der Waals surface area contributed by atoms with Crippen molar-refractivity contribution in [2.75, 3.05) is 11.5 Å². The fourth-order valence-electron chi connectivity index (χ4n) is 2.80. The van der Waals surface area contributed by atoms with Crippen molar-refractivity contribution in [2.45, 2.75) is 50.4 Å². The number of hydrogen-bond acceptors (Lipinski definition) is 4. The Labute approximate surface area is 142 Å². The lowest BCUT2D eigenvalue weighted by Crippen LogP contribution is -2.45. The minimum Gasteiger partial charge on any atom is -0.371 e. The van der Waals surface area contributed by atoms with Crippen LogP contribution in [0.3, 0.4) is 0 Å². The Morgan fingerprint density at radius 2 is 1.86 bits per heavy atom. The van der Waals surface area contributed by atoms with Crippen LogP contribution in [0.5, 0.6) is 0 Å². The molecule has 0 spiro atoms. The summed E-state index contributed by atoms with van der Waals surface area (Å²) in [7, 11) is 0. The molecule has 1 heterocycles. The molecule has 1 atom stereocenters. The van der Waals surface area contributed by atoms with E-state index in [-0.39, 0.29) is 16.0 Å². The third-order valence-electron chi connectivity index (χ3n) is 3.96. The minimum atomic E-state index is -0.0273. The molecule has 0 aliphatic carbocycles. The largest absolute Gasteiger partial charge is 0.371 e. The predicted molar refractivity (Wildman–Crippen MR) is 97.4 cm³/mol. The SMILES string of the molecule is CC(=O)CC(OCc1ccccc1)C1(C(C)C)SCCCS1. The predicted octanol–water partition coefficient (Wildman–Crippen LogP) is 4.77. The van der Waals surface area contributed by atoms with Crippen molar-refractivity contribution in [2.24, 2.45) is 5.92 Å². The van der Waals surface area contributed by atoms with Gasteiger partial charge >= 0.3 is 0 Å². The smallest absolute Gasteiger partial charge is 0.132 e. The molecular formula is C18H26O2S2. The lowest BCUT2D eigenvalue weighted by molar-refractivity contribution is -0.120. The summed E-state index contributed by atoms with van der Waals surface area (Å²) >= 11 is 3.98. The first-order chi connectivity index (χ1) is 10.5. The summed E-state index contributed by atoms with van der Waals surface area (Å²) in [5.41, 5.74) is 1.17. The average molecular weight is 339 g/mol. The highest BCUT2D eigenvalue weighted by atomic mass is 32.2. The Morgan fingerprint density at radius 3 is 2.41 bits per heavy atom. The highest BCUT2D eigenvalue weighted by molar-refractivity contribution is 8.18. The average Bonchev–Trinajstić information content (AvgIpc) is 2.52. The van der Waals surface area contributed by atoms with Gasteiger partial charge in [0.05, 0.1) is 16.8 Å². The van der Waals surface area contributed by atoms with Gasteiger partial charge in [-0.15, -0.1) is 23.5 Å². The maximum atomic E-state index is 11.8. The maximum Gasteiger partial charge on any atom is 0.132 e. The first-order valence-corrected chi connectivity index (χ1v) is 9.94. The molecule has 22 heavy (non-hydrogen) atoms. The molecule has 0 saturated carbocycles. The van der Waals surface area contributed by atoms with Crippen molar-refractivity contribution in [3.05, 3.63) is 35.9 Å². The lowest BCUT2D eigenvalue weighted by Gasteiger charge is -2.45. The van der Waals surface area contributed by atoms with Crippen LogP contribution in [0.4, 0.5) is 0 Å². The molecule has 0 bridgehead atoms. The van der Waals surface area contributed by atoms with E-state index in [1.165, 1.54) is 12.0 Å². The van der Waals surface area contributed by atoms with Gasteiger partial charge in [-0.2, -0.15) is 0 Å². The van der Waals surface area contributed by atoms with E-state index >= 15 is 0 Å². The molecule has 122 valence electrons. The molecule has 4 heteroatoms. The quantitative estimate of drug-likeness (QED) is 0.715. The maximum absolute atomic E-state index is 11.8. The van der Waals surface area contributed by atoms with Gasteiger partial charge < -0.3 is 4.74 Å². The van der Waals surface area contributed by atoms with E-state index in [4.69, 9.17) is 4.74 Å². The van der Waals surface area contributed by atoms with Crippen LogP contribution in [0.15, 0.2) is 30.3 Å². The molecule has 1 aromatic rings. The fraction of sp³-hybridized carbons (Fsp3) is 0.611. The van der Waals surface area contributed by atoms with Gasteiger partial charge in [0.2, 0.25) is 0 Å². The second-order valence-corrected chi connectivity index (χ2v) is 9.12. The van der Waals surface area contributed by atoms with E-state index in [1.807, 2.05) is 41.7 Å². The third-order valence-corrected chi connectivity index (χ3v) is 8.03. The lowest BCUT2D eigenvalue weighted by atomic mass is 10.00. The molecule has 1 unspecified atom stereocenters. The summed E-state index contributed by atoms with van der Waals surface area (Å²) in [6.45, 7) is 6.76. The summed E-state index contributed by atoms with van der Waals surface area (Å²) in [4.78, 5) is 11.8. The Kier molecular flexibility index (Phi) is 6.85. The zero-order valence-corrected chi connectivity index (χ0v) is 15.3. The van der Waals surface area contributed by atoms with Gasteiger partial charge in [0.25, 0.3) is 0 Å². The summed E-state index contributed by atoms with van der Waals surface area (Å²) in [5.74, 6) is 3.01. The van der Waals surface area contributed by atoms with Crippen LogP contribution >= 0.6 is 23.5 Å². The molecule has 1 saturated heterocycles. The third kappa shape index (κ3) is 4.53. The summed E-state index contributed by atoms with van der Waals surface area (Å²) in [6.07, 6.45) is 1.72. The normalized spacial score (nSPS) is 19.1. The fourth-order valence-corrected chi connectivity index (χ4v) is 6.38. The van der Waals surface area contributed by atoms with Crippen molar-refractivity contribution < 1.29 is 9.53 Å². The number of thioether (sulfide) groups is 2. The molecule has 1 aliphatic heterocycles. The van der Waals surface area contributed by atoms with Crippen molar-refractivity contribution in [3.63, 3.8) is 0 Å². The van der Waals surface area contributed by atoms with Gasteiger partial charge in [0, 0.05) is 6.42 Å². The van der Waals surface area contributed by atoms with Crippen molar-refractivity contribution >= 4 is 29.3 Å². The van der Waals surface area contributed by atoms with E-state index in [1.54, 1.807) is 6.92 Å². The van der Waals surface area contributed by atoms with Crippen molar-refractivity contribution in [3.8, 4) is 0 Å². The number of ether oxygens (including phenoxy) is 1.